The van der Waals surface area contributed by atoms with E-state index in [9.17, 15) is 0 Å². The molecule has 0 unspecified atom stereocenters. The summed E-state index contributed by atoms with van der Waals surface area (Å²) in [7, 11) is 1.78. The molecule has 6 nitrogen and oxygen atoms in total. The summed E-state index contributed by atoms with van der Waals surface area (Å²) < 4.78 is 1.61. The van der Waals surface area contributed by atoms with Crippen molar-refractivity contribution in [1.29, 1.82) is 5.26 Å². The topological polar surface area (TPSA) is 93.4 Å². The summed E-state index contributed by atoms with van der Waals surface area (Å²) in [4.78, 5) is 8.14. The van der Waals surface area contributed by atoms with Crippen LogP contribution in [0.5, 0.6) is 0 Å². The lowest BCUT2D eigenvalue weighted by Crippen LogP contribution is -1.96. The monoisotopic (exact) mass is 232 g/mol. The van der Waals surface area contributed by atoms with Gasteiger partial charge in [-0.2, -0.15) is 10.4 Å². The van der Waals surface area contributed by atoms with E-state index in [-0.39, 0.29) is 0 Å². The number of nitrogens with zero attached hydrogens (tertiary/aromatic N) is 5. The normalized spacial score (nSPS) is 10.0. The zero-order chi connectivity index (χ0) is 11.5. The molecule has 16 heavy (non-hydrogen) atoms. The van der Waals surface area contributed by atoms with Gasteiger partial charge in [-0.25, -0.2) is 14.6 Å². The molecule has 0 saturated heterocycles. The van der Waals surface area contributed by atoms with E-state index in [4.69, 9.17) is 11.0 Å². The van der Waals surface area contributed by atoms with Crippen LogP contribution in [0.25, 0.3) is 0 Å². The van der Waals surface area contributed by atoms with Crippen LogP contribution in [0.3, 0.4) is 0 Å². The first kappa shape index (κ1) is 10.4. The summed E-state index contributed by atoms with van der Waals surface area (Å²) >= 11 is 1.28. The Morgan fingerprint density at radius 1 is 1.50 bits per heavy atom. The minimum atomic E-state index is 0.438. The summed E-state index contributed by atoms with van der Waals surface area (Å²) in [6.07, 6.45) is 2.96. The van der Waals surface area contributed by atoms with E-state index in [1.807, 2.05) is 6.07 Å². The molecule has 0 aromatic carbocycles. The molecule has 2 aromatic heterocycles. The summed E-state index contributed by atoms with van der Waals surface area (Å²) in [5.74, 6) is 0. The molecule has 2 rings (SSSR count). The van der Waals surface area contributed by atoms with E-state index in [0.717, 1.165) is 0 Å². The van der Waals surface area contributed by atoms with Crippen LogP contribution in [0.15, 0.2) is 28.8 Å². The number of anilines is 1. The van der Waals surface area contributed by atoms with Crippen molar-refractivity contribution in [3.63, 3.8) is 0 Å². The van der Waals surface area contributed by atoms with Crippen LogP contribution in [0.1, 0.15) is 5.56 Å². The molecule has 0 amide bonds. The molecule has 0 atom stereocenters. The fourth-order valence-electron chi connectivity index (χ4n) is 1.09. The molecule has 0 aliphatic rings. The molecule has 0 saturated carbocycles. The third-order valence-electron chi connectivity index (χ3n) is 1.85. The summed E-state index contributed by atoms with van der Waals surface area (Å²) in [5.41, 5.74) is 6.46. The van der Waals surface area contributed by atoms with E-state index >= 15 is 0 Å². The van der Waals surface area contributed by atoms with Gasteiger partial charge in [-0.3, -0.25) is 0 Å². The molecular weight excluding hydrogens is 224 g/mol. The smallest absolute Gasteiger partial charge is 0.192 e. The largest absolute Gasteiger partial charge is 0.397 e. The Morgan fingerprint density at radius 2 is 2.31 bits per heavy atom. The van der Waals surface area contributed by atoms with Gasteiger partial charge >= 0.3 is 0 Å². The maximum absolute atomic E-state index is 8.94. The van der Waals surface area contributed by atoms with Gasteiger partial charge < -0.3 is 5.73 Å². The Morgan fingerprint density at radius 3 is 2.94 bits per heavy atom. The van der Waals surface area contributed by atoms with Gasteiger partial charge in [0, 0.05) is 7.05 Å². The van der Waals surface area contributed by atoms with E-state index in [2.05, 4.69) is 15.1 Å². The predicted molar refractivity (Wildman–Crippen MR) is 58.5 cm³/mol. The summed E-state index contributed by atoms with van der Waals surface area (Å²) in [5, 5.41) is 14.1. The quantitative estimate of drug-likeness (QED) is 0.823. The van der Waals surface area contributed by atoms with Crippen molar-refractivity contribution >= 4 is 17.4 Å². The van der Waals surface area contributed by atoms with Gasteiger partial charge in [0.15, 0.2) is 5.16 Å². The lowest BCUT2D eigenvalue weighted by Gasteiger charge is -2.02. The van der Waals surface area contributed by atoms with E-state index in [0.29, 0.717) is 21.4 Å². The highest BCUT2D eigenvalue weighted by atomic mass is 32.2. The number of hydrogen-bond donors (Lipinski definition) is 1. The van der Waals surface area contributed by atoms with Crippen molar-refractivity contribution in [3.8, 4) is 6.07 Å². The van der Waals surface area contributed by atoms with Gasteiger partial charge in [0.2, 0.25) is 0 Å². The second-order valence-corrected chi connectivity index (χ2v) is 3.96. The number of pyridine rings is 1. The van der Waals surface area contributed by atoms with E-state index < -0.39 is 0 Å². The van der Waals surface area contributed by atoms with Crippen LogP contribution < -0.4 is 5.73 Å². The fourth-order valence-corrected chi connectivity index (χ4v) is 1.87. The van der Waals surface area contributed by atoms with Crippen LogP contribution in [0.4, 0.5) is 5.69 Å². The second-order valence-electron chi connectivity index (χ2n) is 3.00. The van der Waals surface area contributed by atoms with Gasteiger partial charge in [0.05, 0.1) is 17.4 Å². The van der Waals surface area contributed by atoms with Gasteiger partial charge in [-0.05, 0) is 17.8 Å². The van der Waals surface area contributed by atoms with Crippen molar-refractivity contribution in [2.24, 2.45) is 7.05 Å². The maximum atomic E-state index is 8.94. The molecule has 2 aromatic rings. The number of nitrogens with two attached hydrogens (primary N) is 1. The Kier molecular flexibility index (Phi) is 2.74. The van der Waals surface area contributed by atoms with Crippen LogP contribution >= 0.6 is 11.8 Å². The van der Waals surface area contributed by atoms with E-state index in [1.54, 1.807) is 17.8 Å². The first-order valence-electron chi connectivity index (χ1n) is 4.38. The van der Waals surface area contributed by atoms with Gasteiger partial charge in [-0.1, -0.05) is 0 Å². The highest BCUT2D eigenvalue weighted by Gasteiger charge is 2.09. The standard InChI is InChI=1S/C9H8N6S/c1-15-9(13-5-14-15)16-8-6(3-10)2-7(11)4-12-8/h2,4-5H,11H2,1H3. The molecule has 2 heterocycles. The molecule has 7 heteroatoms. The highest BCUT2D eigenvalue weighted by Crippen LogP contribution is 2.26. The lowest BCUT2D eigenvalue weighted by atomic mass is 10.3. The second kappa shape index (κ2) is 4.20. The first-order chi connectivity index (χ1) is 7.70. The van der Waals surface area contributed by atoms with Crippen LogP contribution in [0, 0.1) is 11.3 Å². The van der Waals surface area contributed by atoms with Gasteiger partial charge in [-0.15, -0.1) is 0 Å². The average molecular weight is 232 g/mol. The van der Waals surface area contributed by atoms with Crippen LogP contribution in [0.2, 0.25) is 0 Å². The summed E-state index contributed by atoms with van der Waals surface area (Å²) in [6.45, 7) is 0. The van der Waals surface area contributed by atoms with Crippen molar-refractivity contribution in [2.75, 3.05) is 5.73 Å². The minimum Gasteiger partial charge on any atom is -0.397 e. The molecule has 80 valence electrons. The van der Waals surface area contributed by atoms with Crippen LogP contribution in [-0.4, -0.2) is 19.7 Å². The molecular formula is C9H8N6S. The Labute approximate surface area is 96.1 Å². The molecule has 0 fully saturated rings. The molecule has 2 N–H and O–H groups in total. The SMILES string of the molecule is Cn1ncnc1Sc1ncc(N)cc1C#N. The Hall–Kier alpha value is -2.07. The van der Waals surface area contributed by atoms with E-state index in [1.165, 1.54) is 24.3 Å². The summed E-state index contributed by atoms with van der Waals surface area (Å²) in [6, 6.07) is 3.64. The number of nitriles is 1. The Balaban J connectivity index is 2.36. The molecule has 0 aliphatic carbocycles. The fraction of sp³-hybridized carbons (Fsp3) is 0.111. The third-order valence-corrected chi connectivity index (χ3v) is 2.92. The third kappa shape index (κ3) is 1.97. The van der Waals surface area contributed by atoms with Crippen molar-refractivity contribution in [2.45, 2.75) is 10.2 Å². The number of nitrogen functional groups attached to an aromatic ring is 1. The number of aryl methyl sites for hydroxylation is 1. The van der Waals surface area contributed by atoms with Gasteiger partial charge in [0.25, 0.3) is 0 Å². The number of rotatable bonds is 2. The first-order valence-corrected chi connectivity index (χ1v) is 5.20. The highest BCUT2D eigenvalue weighted by molar-refractivity contribution is 7.99. The van der Waals surface area contributed by atoms with Crippen molar-refractivity contribution in [3.05, 3.63) is 24.2 Å². The molecule has 0 radical (unpaired) electrons. The van der Waals surface area contributed by atoms with Crippen LogP contribution in [-0.2, 0) is 7.05 Å². The number of hydrogen-bond acceptors (Lipinski definition) is 6. The maximum Gasteiger partial charge on any atom is 0.192 e. The average Bonchev–Trinajstić information content (AvgIpc) is 2.67. The Bertz CT molecular complexity index is 555. The van der Waals surface area contributed by atoms with Gasteiger partial charge in [0.1, 0.15) is 17.4 Å². The zero-order valence-corrected chi connectivity index (χ0v) is 9.27. The molecule has 0 spiro atoms. The zero-order valence-electron chi connectivity index (χ0n) is 8.45. The van der Waals surface area contributed by atoms with Crippen molar-refractivity contribution in [1.82, 2.24) is 19.7 Å². The lowest BCUT2D eigenvalue weighted by molar-refractivity contribution is 0.684. The van der Waals surface area contributed by atoms with Crippen molar-refractivity contribution < 1.29 is 0 Å². The molecule has 0 aliphatic heterocycles. The predicted octanol–water partition coefficient (Wildman–Crippen LogP) is 0.815. The molecule has 0 bridgehead atoms. The minimum absolute atomic E-state index is 0.438. The number of aromatic nitrogens is 4.